The Labute approximate surface area is 98.4 Å². The summed E-state index contributed by atoms with van der Waals surface area (Å²) in [6.45, 7) is 2.47. The molecule has 0 bridgehead atoms. The molecule has 1 rings (SSSR count). The van der Waals surface area contributed by atoms with E-state index in [1.54, 1.807) is 6.07 Å². The minimum absolute atomic E-state index is 0.213. The number of nitrogens with zero attached hydrogens (tertiary/aromatic N) is 1. The van der Waals surface area contributed by atoms with Crippen molar-refractivity contribution >= 4 is 15.9 Å². The van der Waals surface area contributed by atoms with Crippen LogP contribution in [0.5, 0.6) is 0 Å². The van der Waals surface area contributed by atoms with Gasteiger partial charge in [0.15, 0.2) is 0 Å². The predicted octanol–water partition coefficient (Wildman–Crippen LogP) is 2.37. The molecule has 4 heteroatoms. The van der Waals surface area contributed by atoms with E-state index >= 15 is 0 Å². The monoisotopic (exact) mass is 274 g/mol. The number of nitrogens with two attached hydrogens (primary N) is 1. The first-order valence-electron chi connectivity index (χ1n) is 4.96. The van der Waals surface area contributed by atoms with Crippen molar-refractivity contribution in [2.45, 2.75) is 13.0 Å². The number of hydrogen-bond donors (Lipinski definition) is 1. The molecule has 2 nitrogen and oxygen atoms in total. The van der Waals surface area contributed by atoms with Gasteiger partial charge in [-0.15, -0.1) is 0 Å². The summed E-state index contributed by atoms with van der Waals surface area (Å²) in [5, 5.41) is 0. The molecule has 0 saturated carbocycles. The van der Waals surface area contributed by atoms with Crippen molar-refractivity contribution in [3.8, 4) is 0 Å². The van der Waals surface area contributed by atoms with Gasteiger partial charge in [-0.1, -0.05) is 22.0 Å². The molecule has 1 aromatic carbocycles. The third-order valence-electron chi connectivity index (χ3n) is 2.20. The van der Waals surface area contributed by atoms with E-state index in [4.69, 9.17) is 5.73 Å². The van der Waals surface area contributed by atoms with Crippen molar-refractivity contribution in [3.05, 3.63) is 34.1 Å². The molecule has 0 unspecified atom stereocenters. The molecule has 2 N–H and O–H groups in total. The first kappa shape index (κ1) is 12.6. The second-order valence-electron chi connectivity index (χ2n) is 3.62. The van der Waals surface area contributed by atoms with Gasteiger partial charge in [0.25, 0.3) is 0 Å². The fourth-order valence-electron chi connectivity index (χ4n) is 1.38. The molecule has 0 spiro atoms. The second-order valence-corrected chi connectivity index (χ2v) is 4.47. The van der Waals surface area contributed by atoms with Crippen molar-refractivity contribution in [1.82, 2.24) is 4.90 Å². The molecule has 0 amide bonds. The van der Waals surface area contributed by atoms with Crippen LogP contribution in [0, 0.1) is 5.82 Å². The molecule has 0 aliphatic heterocycles. The van der Waals surface area contributed by atoms with Crippen LogP contribution >= 0.6 is 15.9 Å². The maximum Gasteiger partial charge on any atom is 0.124 e. The van der Waals surface area contributed by atoms with Gasteiger partial charge in [0, 0.05) is 11.0 Å². The molecule has 0 atom stereocenters. The normalized spacial score (nSPS) is 11.0. The minimum Gasteiger partial charge on any atom is -0.330 e. The molecular formula is C11H16BrFN2. The van der Waals surface area contributed by atoms with Gasteiger partial charge in [-0.2, -0.15) is 0 Å². The van der Waals surface area contributed by atoms with E-state index in [2.05, 4.69) is 20.8 Å². The summed E-state index contributed by atoms with van der Waals surface area (Å²) < 4.78 is 13.6. The molecular weight excluding hydrogens is 259 g/mol. The van der Waals surface area contributed by atoms with Crippen molar-refractivity contribution < 1.29 is 4.39 Å². The van der Waals surface area contributed by atoms with Gasteiger partial charge in [-0.25, -0.2) is 4.39 Å². The van der Waals surface area contributed by atoms with Crippen LogP contribution in [0.1, 0.15) is 12.0 Å². The molecule has 0 saturated heterocycles. The molecule has 0 radical (unpaired) electrons. The highest BCUT2D eigenvalue weighted by Crippen LogP contribution is 2.19. The lowest BCUT2D eigenvalue weighted by molar-refractivity contribution is 0.323. The summed E-state index contributed by atoms with van der Waals surface area (Å²) >= 11 is 3.35. The van der Waals surface area contributed by atoms with Crippen molar-refractivity contribution in [1.29, 1.82) is 0 Å². The third-order valence-corrected chi connectivity index (χ3v) is 2.94. The Balaban J connectivity index is 2.56. The predicted molar refractivity (Wildman–Crippen MR) is 64.1 cm³/mol. The Hall–Kier alpha value is -0.450. The standard InChI is InChI=1S/C11H16BrFN2/c1-15(6-2-5-14)8-9-3-4-10(13)7-11(9)12/h3-4,7H,2,5-6,8,14H2,1H3. The van der Waals surface area contributed by atoms with Gasteiger partial charge in [0.1, 0.15) is 5.82 Å². The third kappa shape index (κ3) is 4.28. The van der Waals surface area contributed by atoms with Crippen molar-refractivity contribution in [2.24, 2.45) is 5.73 Å². The van der Waals surface area contributed by atoms with Gasteiger partial charge in [-0.3, -0.25) is 0 Å². The highest BCUT2D eigenvalue weighted by Gasteiger charge is 2.04. The van der Waals surface area contributed by atoms with Crippen LogP contribution in [0.2, 0.25) is 0 Å². The topological polar surface area (TPSA) is 29.3 Å². The van der Waals surface area contributed by atoms with Crippen LogP contribution in [0.15, 0.2) is 22.7 Å². The van der Waals surface area contributed by atoms with E-state index in [0.717, 1.165) is 29.5 Å². The SMILES string of the molecule is CN(CCCN)Cc1ccc(F)cc1Br. The van der Waals surface area contributed by atoms with Crippen LogP contribution in [-0.4, -0.2) is 25.0 Å². The Morgan fingerprint density at radius 2 is 2.20 bits per heavy atom. The molecule has 0 aliphatic rings. The van der Waals surface area contributed by atoms with Gasteiger partial charge in [-0.05, 0) is 44.3 Å². The molecule has 15 heavy (non-hydrogen) atoms. The average molecular weight is 275 g/mol. The van der Waals surface area contributed by atoms with Gasteiger partial charge >= 0.3 is 0 Å². The summed E-state index contributed by atoms with van der Waals surface area (Å²) in [5.74, 6) is -0.213. The fourth-order valence-corrected chi connectivity index (χ4v) is 1.86. The zero-order valence-electron chi connectivity index (χ0n) is 8.84. The van der Waals surface area contributed by atoms with Crippen LogP contribution in [0.3, 0.4) is 0 Å². The number of rotatable bonds is 5. The summed E-state index contributed by atoms with van der Waals surface area (Å²) in [7, 11) is 2.03. The Morgan fingerprint density at radius 1 is 1.47 bits per heavy atom. The molecule has 0 aliphatic carbocycles. The lowest BCUT2D eigenvalue weighted by Crippen LogP contribution is -2.21. The zero-order valence-corrected chi connectivity index (χ0v) is 10.4. The fraction of sp³-hybridized carbons (Fsp3) is 0.455. The van der Waals surface area contributed by atoms with Crippen LogP contribution in [0.4, 0.5) is 4.39 Å². The van der Waals surface area contributed by atoms with Crippen molar-refractivity contribution in [2.75, 3.05) is 20.1 Å². The minimum atomic E-state index is -0.213. The highest BCUT2D eigenvalue weighted by atomic mass is 79.9. The van der Waals surface area contributed by atoms with Crippen LogP contribution in [-0.2, 0) is 6.54 Å². The van der Waals surface area contributed by atoms with Gasteiger partial charge in [0.2, 0.25) is 0 Å². The number of halogens is 2. The summed E-state index contributed by atoms with van der Waals surface area (Å²) in [4.78, 5) is 2.17. The molecule has 84 valence electrons. The molecule has 0 fully saturated rings. The molecule has 0 aromatic heterocycles. The van der Waals surface area contributed by atoms with Crippen molar-refractivity contribution in [3.63, 3.8) is 0 Å². The number of hydrogen-bond acceptors (Lipinski definition) is 2. The summed E-state index contributed by atoms with van der Waals surface area (Å²) in [6, 6.07) is 4.78. The maximum absolute atomic E-state index is 12.8. The second kappa shape index (κ2) is 6.20. The smallest absolute Gasteiger partial charge is 0.124 e. The van der Waals surface area contributed by atoms with E-state index in [-0.39, 0.29) is 5.82 Å². The quantitative estimate of drug-likeness (QED) is 0.894. The van der Waals surface area contributed by atoms with Gasteiger partial charge < -0.3 is 10.6 Å². The van der Waals surface area contributed by atoms with E-state index < -0.39 is 0 Å². The summed E-state index contributed by atoms with van der Waals surface area (Å²) in [6.07, 6.45) is 0.981. The largest absolute Gasteiger partial charge is 0.330 e. The molecule has 0 heterocycles. The van der Waals surface area contributed by atoms with Crippen LogP contribution in [0.25, 0.3) is 0 Å². The summed E-state index contributed by atoms with van der Waals surface area (Å²) in [5.41, 5.74) is 6.53. The first-order valence-corrected chi connectivity index (χ1v) is 5.75. The van der Waals surface area contributed by atoms with E-state index in [9.17, 15) is 4.39 Å². The zero-order chi connectivity index (χ0) is 11.3. The lowest BCUT2D eigenvalue weighted by atomic mass is 10.2. The Morgan fingerprint density at radius 3 is 2.80 bits per heavy atom. The number of benzene rings is 1. The van der Waals surface area contributed by atoms with Gasteiger partial charge in [0.05, 0.1) is 0 Å². The Bertz CT molecular complexity index is 317. The Kier molecular flexibility index (Phi) is 5.22. The van der Waals surface area contributed by atoms with E-state index in [0.29, 0.717) is 6.54 Å². The van der Waals surface area contributed by atoms with E-state index in [1.807, 2.05) is 7.05 Å². The highest BCUT2D eigenvalue weighted by molar-refractivity contribution is 9.10. The maximum atomic E-state index is 12.8. The first-order chi connectivity index (χ1) is 7.13. The molecule has 1 aromatic rings. The van der Waals surface area contributed by atoms with Crippen LogP contribution < -0.4 is 5.73 Å². The average Bonchev–Trinajstić information content (AvgIpc) is 2.19. The van der Waals surface area contributed by atoms with E-state index in [1.165, 1.54) is 12.1 Å². The lowest BCUT2D eigenvalue weighted by Gasteiger charge is -2.16.